The molecule has 0 saturated carbocycles. The van der Waals surface area contributed by atoms with E-state index < -0.39 is 0 Å². The van der Waals surface area contributed by atoms with Gasteiger partial charge in [0.05, 0.1) is 18.8 Å². The van der Waals surface area contributed by atoms with Crippen molar-refractivity contribution in [3.05, 3.63) is 24.0 Å². The van der Waals surface area contributed by atoms with Crippen molar-refractivity contribution in [3.8, 4) is 18.1 Å². The van der Waals surface area contributed by atoms with E-state index in [1.54, 1.807) is 6.07 Å². The first-order valence-corrected chi connectivity index (χ1v) is 7.07. The van der Waals surface area contributed by atoms with Crippen LogP contribution in [0.25, 0.3) is 0 Å². The highest BCUT2D eigenvalue weighted by atomic mass is 19.1. The molecule has 0 unspecified atom stereocenters. The Kier molecular flexibility index (Phi) is 5.25. The average molecular weight is 276 g/mol. The van der Waals surface area contributed by atoms with Crippen molar-refractivity contribution in [2.75, 3.05) is 31.6 Å². The summed E-state index contributed by atoms with van der Waals surface area (Å²) >= 11 is 0. The van der Waals surface area contributed by atoms with Crippen molar-refractivity contribution >= 4 is 5.69 Å². The SMILES string of the molecule is C#CCN1CCC(Nc2ccc(F)cc2OCC)CC1. The number of hydrogen-bond acceptors (Lipinski definition) is 3. The molecule has 1 saturated heterocycles. The van der Waals surface area contributed by atoms with Crippen molar-refractivity contribution in [2.24, 2.45) is 0 Å². The summed E-state index contributed by atoms with van der Waals surface area (Å²) in [6, 6.07) is 5.01. The van der Waals surface area contributed by atoms with E-state index in [1.165, 1.54) is 12.1 Å². The number of halogens is 1. The van der Waals surface area contributed by atoms with Gasteiger partial charge in [0.2, 0.25) is 0 Å². The molecule has 1 fully saturated rings. The minimum Gasteiger partial charge on any atom is -0.492 e. The van der Waals surface area contributed by atoms with Crippen molar-refractivity contribution in [1.29, 1.82) is 0 Å². The summed E-state index contributed by atoms with van der Waals surface area (Å²) in [5, 5.41) is 3.45. The van der Waals surface area contributed by atoms with Gasteiger partial charge in [0.25, 0.3) is 0 Å². The van der Waals surface area contributed by atoms with Gasteiger partial charge in [0.15, 0.2) is 0 Å². The second kappa shape index (κ2) is 7.16. The number of nitrogens with zero attached hydrogens (tertiary/aromatic N) is 1. The Morgan fingerprint density at radius 1 is 1.45 bits per heavy atom. The number of benzene rings is 1. The molecule has 0 spiro atoms. The van der Waals surface area contributed by atoms with Gasteiger partial charge in [-0.15, -0.1) is 6.42 Å². The third kappa shape index (κ3) is 3.88. The first kappa shape index (κ1) is 14.7. The van der Waals surface area contributed by atoms with Crippen molar-refractivity contribution in [1.82, 2.24) is 4.90 Å². The normalized spacial score (nSPS) is 16.6. The highest BCUT2D eigenvalue weighted by molar-refractivity contribution is 5.57. The monoisotopic (exact) mass is 276 g/mol. The van der Waals surface area contributed by atoms with E-state index in [2.05, 4.69) is 16.1 Å². The topological polar surface area (TPSA) is 24.5 Å². The summed E-state index contributed by atoms with van der Waals surface area (Å²) in [5.41, 5.74) is 0.864. The van der Waals surface area contributed by atoms with E-state index in [0.717, 1.165) is 31.6 Å². The molecule has 0 bridgehead atoms. The van der Waals surface area contributed by atoms with Gasteiger partial charge in [-0.05, 0) is 31.9 Å². The van der Waals surface area contributed by atoms with Gasteiger partial charge >= 0.3 is 0 Å². The van der Waals surface area contributed by atoms with Crippen molar-refractivity contribution in [2.45, 2.75) is 25.8 Å². The van der Waals surface area contributed by atoms with Crippen LogP contribution in [0.1, 0.15) is 19.8 Å². The molecule has 1 N–H and O–H groups in total. The van der Waals surface area contributed by atoms with Gasteiger partial charge in [0, 0.05) is 25.2 Å². The van der Waals surface area contributed by atoms with Crippen LogP contribution < -0.4 is 10.1 Å². The number of piperidine rings is 1. The lowest BCUT2D eigenvalue weighted by molar-refractivity contribution is 0.243. The lowest BCUT2D eigenvalue weighted by atomic mass is 10.0. The highest BCUT2D eigenvalue weighted by Gasteiger charge is 2.19. The molecule has 3 nitrogen and oxygen atoms in total. The predicted octanol–water partition coefficient (Wildman–Crippen LogP) is 2.73. The van der Waals surface area contributed by atoms with E-state index in [0.29, 0.717) is 24.9 Å². The Balaban J connectivity index is 1.95. The molecule has 0 radical (unpaired) electrons. The van der Waals surface area contributed by atoms with Gasteiger partial charge in [-0.3, -0.25) is 4.90 Å². The van der Waals surface area contributed by atoms with Gasteiger partial charge in [-0.2, -0.15) is 0 Å². The molecule has 0 atom stereocenters. The smallest absolute Gasteiger partial charge is 0.145 e. The molecule has 1 aliphatic rings. The number of terminal acetylenes is 1. The summed E-state index contributed by atoms with van der Waals surface area (Å²) in [6.07, 6.45) is 7.39. The van der Waals surface area contributed by atoms with E-state index in [-0.39, 0.29) is 5.82 Å². The second-order valence-corrected chi connectivity index (χ2v) is 4.97. The van der Waals surface area contributed by atoms with Crippen LogP contribution in [0.2, 0.25) is 0 Å². The third-order valence-electron chi connectivity index (χ3n) is 3.51. The van der Waals surface area contributed by atoms with Crippen LogP contribution in [0.4, 0.5) is 10.1 Å². The van der Waals surface area contributed by atoms with Crippen LogP contribution in [0.5, 0.6) is 5.75 Å². The van der Waals surface area contributed by atoms with Crippen molar-refractivity contribution < 1.29 is 9.13 Å². The number of hydrogen-bond donors (Lipinski definition) is 1. The van der Waals surface area contributed by atoms with Gasteiger partial charge in [-0.25, -0.2) is 4.39 Å². The third-order valence-corrected chi connectivity index (χ3v) is 3.51. The summed E-state index contributed by atoms with van der Waals surface area (Å²) in [5.74, 6) is 2.98. The molecule has 1 aliphatic heterocycles. The average Bonchev–Trinajstić information content (AvgIpc) is 2.44. The summed E-state index contributed by atoms with van der Waals surface area (Å²) < 4.78 is 18.7. The van der Waals surface area contributed by atoms with E-state index in [9.17, 15) is 4.39 Å². The van der Waals surface area contributed by atoms with Crippen LogP contribution in [-0.4, -0.2) is 37.2 Å². The van der Waals surface area contributed by atoms with Gasteiger partial charge < -0.3 is 10.1 Å². The molecule has 1 aromatic carbocycles. The maximum atomic E-state index is 13.3. The Labute approximate surface area is 120 Å². The maximum Gasteiger partial charge on any atom is 0.145 e. The number of nitrogens with one attached hydrogen (secondary N) is 1. The maximum absolute atomic E-state index is 13.3. The lowest BCUT2D eigenvalue weighted by Crippen LogP contribution is -2.39. The molecule has 0 amide bonds. The largest absolute Gasteiger partial charge is 0.492 e. The number of likely N-dealkylation sites (tertiary alicyclic amines) is 1. The fraction of sp³-hybridized carbons (Fsp3) is 0.500. The molecule has 0 aliphatic carbocycles. The zero-order valence-electron chi connectivity index (χ0n) is 11.9. The first-order chi connectivity index (χ1) is 9.72. The highest BCUT2D eigenvalue weighted by Crippen LogP contribution is 2.27. The van der Waals surface area contributed by atoms with Crippen LogP contribution in [0, 0.1) is 18.2 Å². The molecule has 1 aromatic rings. The Morgan fingerprint density at radius 3 is 2.85 bits per heavy atom. The molecule has 4 heteroatoms. The van der Waals surface area contributed by atoms with Crippen LogP contribution >= 0.6 is 0 Å². The molecule has 1 heterocycles. The van der Waals surface area contributed by atoms with E-state index >= 15 is 0 Å². The summed E-state index contributed by atoms with van der Waals surface area (Å²) in [4.78, 5) is 2.27. The molecule has 2 rings (SSSR count). The standard InChI is InChI=1S/C16H21FN2O/c1-3-9-19-10-7-14(8-11-19)18-15-6-5-13(17)12-16(15)20-4-2/h1,5-6,12,14,18H,4,7-11H2,2H3. The van der Waals surface area contributed by atoms with Gasteiger partial charge in [-0.1, -0.05) is 5.92 Å². The predicted molar refractivity (Wildman–Crippen MR) is 79.5 cm³/mol. The number of anilines is 1. The van der Waals surface area contributed by atoms with E-state index in [4.69, 9.17) is 11.2 Å². The molecular weight excluding hydrogens is 255 g/mol. The van der Waals surface area contributed by atoms with Gasteiger partial charge in [0.1, 0.15) is 11.6 Å². The molecular formula is C16H21FN2O. The van der Waals surface area contributed by atoms with E-state index in [1.807, 2.05) is 6.92 Å². The fourth-order valence-electron chi connectivity index (χ4n) is 2.47. The quantitative estimate of drug-likeness (QED) is 0.837. The number of ether oxygens (including phenoxy) is 1. The Bertz CT molecular complexity index is 476. The van der Waals surface area contributed by atoms with Crippen LogP contribution in [0.3, 0.4) is 0 Å². The first-order valence-electron chi connectivity index (χ1n) is 7.07. The molecule has 0 aromatic heterocycles. The lowest BCUT2D eigenvalue weighted by Gasteiger charge is -2.32. The fourth-order valence-corrected chi connectivity index (χ4v) is 2.47. The minimum atomic E-state index is -0.275. The Morgan fingerprint density at radius 2 is 2.20 bits per heavy atom. The molecule has 20 heavy (non-hydrogen) atoms. The zero-order chi connectivity index (χ0) is 14.4. The molecule has 108 valence electrons. The summed E-state index contributed by atoms with van der Waals surface area (Å²) in [7, 11) is 0. The van der Waals surface area contributed by atoms with Crippen LogP contribution in [0.15, 0.2) is 18.2 Å². The minimum absolute atomic E-state index is 0.275. The number of rotatable bonds is 5. The summed E-state index contributed by atoms with van der Waals surface area (Å²) in [6.45, 7) is 5.12. The Hall–Kier alpha value is -1.73. The second-order valence-electron chi connectivity index (χ2n) is 4.97. The van der Waals surface area contributed by atoms with Crippen LogP contribution in [-0.2, 0) is 0 Å². The van der Waals surface area contributed by atoms with Crippen molar-refractivity contribution in [3.63, 3.8) is 0 Å². The zero-order valence-corrected chi connectivity index (χ0v) is 11.9.